The maximum Gasteiger partial charge on any atom is 0.266 e. The lowest BCUT2D eigenvalue weighted by molar-refractivity contribution is -0.121. The van der Waals surface area contributed by atoms with E-state index < -0.39 is 0 Å². The van der Waals surface area contributed by atoms with Crippen molar-refractivity contribution in [3.05, 3.63) is 106 Å². The Morgan fingerprint density at radius 2 is 1.47 bits per heavy atom. The van der Waals surface area contributed by atoms with Crippen molar-refractivity contribution in [2.45, 2.75) is 13.1 Å². The van der Waals surface area contributed by atoms with Crippen molar-refractivity contribution < 1.29 is 4.79 Å². The van der Waals surface area contributed by atoms with Crippen molar-refractivity contribution >= 4 is 5.91 Å². The van der Waals surface area contributed by atoms with Crippen LogP contribution in [0.2, 0.25) is 0 Å². The van der Waals surface area contributed by atoms with Crippen molar-refractivity contribution in [1.29, 1.82) is 0 Å². The smallest absolute Gasteiger partial charge is 0.266 e. The molecule has 0 saturated carbocycles. The summed E-state index contributed by atoms with van der Waals surface area (Å²) in [6.45, 7) is 0.257. The van der Waals surface area contributed by atoms with E-state index in [1.807, 2.05) is 60.7 Å². The molecule has 0 aliphatic heterocycles. The lowest BCUT2D eigenvalue weighted by atomic mass is 10.1. The third-order valence-corrected chi connectivity index (χ3v) is 4.84. The summed E-state index contributed by atoms with van der Waals surface area (Å²) >= 11 is 0. The monoisotopic (exact) mass is 427 g/mol. The van der Waals surface area contributed by atoms with Gasteiger partial charge in [0.1, 0.15) is 6.54 Å². The highest BCUT2D eigenvalue weighted by atomic mass is 16.2. The number of nitrogens with one attached hydrogen (secondary N) is 1. The molecule has 0 spiro atoms. The first-order valence-electron chi connectivity index (χ1n) is 10.1. The molecule has 2 heterocycles. The number of carbonyl (C=O) groups excluding carboxylic acids is 1. The molecule has 4 aromatic rings. The van der Waals surface area contributed by atoms with E-state index in [0.717, 1.165) is 11.1 Å². The Morgan fingerprint density at radius 3 is 2.12 bits per heavy atom. The number of carbonyl (C=O) groups is 1. The summed E-state index contributed by atoms with van der Waals surface area (Å²) in [4.78, 5) is 41.0. The minimum Gasteiger partial charge on any atom is -0.353 e. The van der Waals surface area contributed by atoms with Gasteiger partial charge in [0.15, 0.2) is 0 Å². The van der Waals surface area contributed by atoms with Gasteiger partial charge in [0.2, 0.25) is 5.91 Å². The molecular formula is C24H21N5O3. The highest BCUT2D eigenvalue weighted by Crippen LogP contribution is 2.14. The average Bonchev–Trinajstić information content (AvgIpc) is 2.83. The Morgan fingerprint density at radius 1 is 0.812 bits per heavy atom. The van der Waals surface area contributed by atoms with E-state index in [4.69, 9.17) is 0 Å². The first-order valence-corrected chi connectivity index (χ1v) is 10.1. The molecule has 0 unspecified atom stereocenters. The van der Waals surface area contributed by atoms with Crippen molar-refractivity contribution in [3.8, 4) is 22.5 Å². The highest BCUT2D eigenvalue weighted by molar-refractivity contribution is 5.75. The van der Waals surface area contributed by atoms with Crippen LogP contribution in [-0.2, 0) is 17.9 Å². The number of aromatic nitrogens is 4. The Kier molecular flexibility index (Phi) is 6.31. The van der Waals surface area contributed by atoms with E-state index in [-0.39, 0.29) is 36.7 Å². The predicted molar refractivity (Wildman–Crippen MR) is 121 cm³/mol. The maximum atomic E-state index is 12.3. The molecule has 0 aliphatic rings. The Labute approximate surface area is 183 Å². The topological polar surface area (TPSA) is 98.9 Å². The fraction of sp³-hybridized carbons (Fsp3) is 0.125. The van der Waals surface area contributed by atoms with Crippen LogP contribution in [-0.4, -0.2) is 31.8 Å². The number of hydrogen-bond acceptors (Lipinski definition) is 5. The normalized spacial score (nSPS) is 10.6. The third kappa shape index (κ3) is 5.04. The Balaban J connectivity index is 1.36. The highest BCUT2D eigenvalue weighted by Gasteiger charge is 2.08. The Hall–Kier alpha value is -4.33. The molecule has 1 amide bonds. The zero-order chi connectivity index (χ0) is 22.3. The van der Waals surface area contributed by atoms with Crippen LogP contribution in [0.15, 0.2) is 94.8 Å². The summed E-state index contributed by atoms with van der Waals surface area (Å²) in [6, 6.07) is 23.4. The van der Waals surface area contributed by atoms with Gasteiger partial charge in [-0.15, -0.1) is 0 Å². The van der Waals surface area contributed by atoms with Gasteiger partial charge in [0, 0.05) is 29.8 Å². The molecule has 160 valence electrons. The van der Waals surface area contributed by atoms with Crippen LogP contribution in [0.4, 0.5) is 0 Å². The van der Waals surface area contributed by atoms with Crippen LogP contribution in [0.3, 0.4) is 0 Å². The number of amides is 1. The van der Waals surface area contributed by atoms with Gasteiger partial charge in [0.05, 0.1) is 24.3 Å². The molecule has 0 radical (unpaired) electrons. The van der Waals surface area contributed by atoms with Gasteiger partial charge in [0.25, 0.3) is 11.1 Å². The van der Waals surface area contributed by atoms with E-state index in [0.29, 0.717) is 11.4 Å². The van der Waals surface area contributed by atoms with Crippen molar-refractivity contribution in [3.63, 3.8) is 0 Å². The van der Waals surface area contributed by atoms with Gasteiger partial charge >= 0.3 is 0 Å². The molecule has 2 aromatic carbocycles. The largest absolute Gasteiger partial charge is 0.353 e. The number of hydrogen-bond donors (Lipinski definition) is 1. The zero-order valence-corrected chi connectivity index (χ0v) is 17.2. The second-order valence-corrected chi connectivity index (χ2v) is 7.10. The molecule has 32 heavy (non-hydrogen) atoms. The predicted octanol–water partition coefficient (Wildman–Crippen LogP) is 1.95. The minimum absolute atomic E-state index is 0.159. The Bertz CT molecular complexity index is 1330. The van der Waals surface area contributed by atoms with Crippen LogP contribution < -0.4 is 16.4 Å². The first kappa shape index (κ1) is 20.9. The standard InChI is InChI=1S/C24H21N5O3/c30-22(16-28-17-26-21(15-24(28)32)19-9-5-2-6-10-19)25-13-14-29-23(31)12-11-20(27-29)18-7-3-1-4-8-18/h1-12,15,17H,13-14,16H2,(H,25,30). The van der Waals surface area contributed by atoms with Gasteiger partial charge in [-0.2, -0.15) is 5.10 Å². The van der Waals surface area contributed by atoms with E-state index in [1.54, 1.807) is 6.07 Å². The summed E-state index contributed by atoms with van der Waals surface area (Å²) in [5.74, 6) is -0.353. The van der Waals surface area contributed by atoms with Gasteiger partial charge in [-0.05, 0) is 6.07 Å². The number of benzene rings is 2. The van der Waals surface area contributed by atoms with Crippen LogP contribution in [0.25, 0.3) is 22.5 Å². The molecule has 8 nitrogen and oxygen atoms in total. The fourth-order valence-corrected chi connectivity index (χ4v) is 3.20. The molecule has 0 bridgehead atoms. The summed E-state index contributed by atoms with van der Waals surface area (Å²) in [5, 5.41) is 7.08. The summed E-state index contributed by atoms with van der Waals surface area (Å²) < 4.78 is 2.55. The summed E-state index contributed by atoms with van der Waals surface area (Å²) in [7, 11) is 0. The number of nitrogens with zero attached hydrogens (tertiary/aromatic N) is 4. The van der Waals surface area contributed by atoms with Crippen LogP contribution >= 0.6 is 0 Å². The summed E-state index contributed by atoms with van der Waals surface area (Å²) in [6.07, 6.45) is 1.36. The van der Waals surface area contributed by atoms with Gasteiger partial charge < -0.3 is 5.32 Å². The molecule has 8 heteroatoms. The van der Waals surface area contributed by atoms with Crippen LogP contribution in [0.5, 0.6) is 0 Å². The zero-order valence-electron chi connectivity index (χ0n) is 17.2. The molecule has 0 atom stereocenters. The lowest BCUT2D eigenvalue weighted by Gasteiger charge is -2.10. The van der Waals surface area contributed by atoms with E-state index in [9.17, 15) is 14.4 Å². The quantitative estimate of drug-likeness (QED) is 0.486. The molecule has 0 aliphatic carbocycles. The second-order valence-electron chi connectivity index (χ2n) is 7.10. The van der Waals surface area contributed by atoms with Crippen LogP contribution in [0.1, 0.15) is 0 Å². The van der Waals surface area contributed by atoms with Gasteiger partial charge in [-0.25, -0.2) is 9.67 Å². The van der Waals surface area contributed by atoms with E-state index >= 15 is 0 Å². The average molecular weight is 427 g/mol. The summed E-state index contributed by atoms with van der Waals surface area (Å²) in [5.41, 5.74) is 2.38. The number of rotatable bonds is 7. The van der Waals surface area contributed by atoms with Crippen molar-refractivity contribution in [2.24, 2.45) is 0 Å². The third-order valence-electron chi connectivity index (χ3n) is 4.84. The van der Waals surface area contributed by atoms with Gasteiger partial charge in [-0.3, -0.25) is 19.0 Å². The van der Waals surface area contributed by atoms with Crippen molar-refractivity contribution in [1.82, 2.24) is 24.6 Å². The van der Waals surface area contributed by atoms with Gasteiger partial charge in [-0.1, -0.05) is 60.7 Å². The lowest BCUT2D eigenvalue weighted by Crippen LogP contribution is -2.35. The SMILES string of the molecule is O=C(Cn1cnc(-c2ccccc2)cc1=O)NCCn1nc(-c2ccccc2)ccc1=O. The fourth-order valence-electron chi connectivity index (χ4n) is 3.20. The van der Waals surface area contributed by atoms with E-state index in [2.05, 4.69) is 15.4 Å². The molecule has 4 rings (SSSR count). The molecule has 0 saturated heterocycles. The van der Waals surface area contributed by atoms with E-state index in [1.165, 1.54) is 27.7 Å². The molecule has 0 fully saturated rings. The second kappa shape index (κ2) is 9.65. The first-order chi connectivity index (χ1) is 15.6. The molecular weight excluding hydrogens is 406 g/mol. The van der Waals surface area contributed by atoms with Crippen molar-refractivity contribution in [2.75, 3.05) is 6.54 Å². The van der Waals surface area contributed by atoms with Crippen LogP contribution in [0, 0.1) is 0 Å². The molecule has 2 aromatic heterocycles. The maximum absolute atomic E-state index is 12.3. The minimum atomic E-state index is -0.353. The molecule has 1 N–H and O–H groups in total.